The number of anilines is 2. The molecular formula is C10H10N6O3. The van der Waals surface area contributed by atoms with Gasteiger partial charge in [0, 0.05) is 24.0 Å². The molecule has 0 saturated carbocycles. The Morgan fingerprint density at radius 1 is 1.47 bits per heavy atom. The summed E-state index contributed by atoms with van der Waals surface area (Å²) in [7, 11) is 0. The predicted molar refractivity (Wildman–Crippen MR) is 67.4 cm³/mol. The van der Waals surface area contributed by atoms with Gasteiger partial charge in [-0.2, -0.15) is 0 Å². The molecular weight excluding hydrogens is 252 g/mol. The highest BCUT2D eigenvalue weighted by atomic mass is 16.6. The predicted octanol–water partition coefficient (Wildman–Crippen LogP) is 0.856. The highest BCUT2D eigenvalue weighted by Crippen LogP contribution is 2.24. The first-order valence-electron chi connectivity index (χ1n) is 5.17. The Morgan fingerprint density at radius 3 is 2.84 bits per heavy atom. The van der Waals surface area contributed by atoms with Crippen LogP contribution in [-0.4, -0.2) is 20.8 Å². The molecule has 98 valence electrons. The summed E-state index contributed by atoms with van der Waals surface area (Å²) >= 11 is 0. The summed E-state index contributed by atoms with van der Waals surface area (Å²) in [4.78, 5) is 28.5. The zero-order valence-electron chi connectivity index (χ0n) is 9.58. The molecule has 0 atom stereocenters. The van der Waals surface area contributed by atoms with Gasteiger partial charge in [-0.1, -0.05) is 0 Å². The van der Waals surface area contributed by atoms with Crippen molar-refractivity contribution in [3.05, 3.63) is 46.3 Å². The van der Waals surface area contributed by atoms with Crippen LogP contribution in [0.4, 0.5) is 17.3 Å². The minimum Gasteiger partial charge on any atom is -0.331 e. The molecule has 0 aliphatic rings. The molecule has 1 amide bonds. The lowest BCUT2D eigenvalue weighted by Gasteiger charge is -2.05. The van der Waals surface area contributed by atoms with Crippen molar-refractivity contribution in [2.45, 2.75) is 0 Å². The van der Waals surface area contributed by atoms with Gasteiger partial charge in [0.05, 0.1) is 4.92 Å². The molecule has 0 saturated heterocycles. The quantitative estimate of drug-likeness (QED) is 0.366. The number of carbonyl (C=O) groups is 1. The van der Waals surface area contributed by atoms with Crippen molar-refractivity contribution >= 4 is 23.2 Å². The van der Waals surface area contributed by atoms with E-state index in [9.17, 15) is 14.9 Å². The second-order valence-corrected chi connectivity index (χ2v) is 3.53. The number of H-pyrrole nitrogens is 1. The third-order valence-electron chi connectivity index (χ3n) is 2.34. The van der Waals surface area contributed by atoms with Crippen LogP contribution in [0, 0.1) is 10.1 Å². The SMILES string of the molecule is NNc1cc(C(=O)Nc2ncc[nH]2)ccc1[N+](=O)[O-]. The summed E-state index contributed by atoms with van der Waals surface area (Å²) in [5, 5.41) is 13.2. The number of carbonyl (C=O) groups excluding carboxylic acids is 1. The minimum atomic E-state index is -0.594. The second-order valence-electron chi connectivity index (χ2n) is 3.53. The van der Waals surface area contributed by atoms with Crippen molar-refractivity contribution in [2.24, 2.45) is 5.84 Å². The first-order chi connectivity index (χ1) is 9.11. The normalized spacial score (nSPS) is 9.95. The van der Waals surface area contributed by atoms with E-state index in [1.165, 1.54) is 24.4 Å². The van der Waals surface area contributed by atoms with Crippen LogP contribution in [0.25, 0.3) is 0 Å². The summed E-state index contributed by atoms with van der Waals surface area (Å²) < 4.78 is 0. The number of amides is 1. The highest BCUT2D eigenvalue weighted by molar-refractivity contribution is 6.04. The zero-order chi connectivity index (χ0) is 13.8. The number of nitrogens with zero attached hydrogens (tertiary/aromatic N) is 2. The van der Waals surface area contributed by atoms with E-state index in [1.807, 2.05) is 0 Å². The fraction of sp³-hybridized carbons (Fsp3) is 0. The van der Waals surface area contributed by atoms with Crippen LogP contribution in [0.2, 0.25) is 0 Å². The number of nitro groups is 1. The number of nitro benzene ring substituents is 1. The summed E-state index contributed by atoms with van der Waals surface area (Å²) in [6.45, 7) is 0. The number of aromatic amines is 1. The Labute approximate surface area is 107 Å². The number of hydrogen-bond acceptors (Lipinski definition) is 6. The molecule has 5 N–H and O–H groups in total. The van der Waals surface area contributed by atoms with Crippen molar-refractivity contribution in [1.29, 1.82) is 0 Å². The lowest BCUT2D eigenvalue weighted by atomic mass is 10.1. The standard InChI is InChI=1S/C10H10N6O3/c11-15-7-5-6(1-2-8(7)16(18)19)9(17)14-10-12-3-4-13-10/h1-5,15H,11H2,(H2,12,13,14,17). The largest absolute Gasteiger partial charge is 0.331 e. The molecule has 1 heterocycles. The van der Waals surface area contributed by atoms with Crippen LogP contribution in [0.3, 0.4) is 0 Å². The third kappa shape index (κ3) is 2.66. The van der Waals surface area contributed by atoms with Gasteiger partial charge in [0.15, 0.2) is 0 Å². The number of aromatic nitrogens is 2. The number of hydrazine groups is 1. The van der Waals surface area contributed by atoms with E-state index in [0.717, 1.165) is 0 Å². The molecule has 0 aliphatic heterocycles. The summed E-state index contributed by atoms with van der Waals surface area (Å²) in [5.41, 5.74) is 2.25. The minimum absolute atomic E-state index is 0.0529. The van der Waals surface area contributed by atoms with E-state index in [1.54, 1.807) is 6.20 Å². The summed E-state index contributed by atoms with van der Waals surface area (Å²) in [6.07, 6.45) is 3.04. The Morgan fingerprint density at radius 2 is 2.26 bits per heavy atom. The number of rotatable bonds is 4. The maximum absolute atomic E-state index is 11.9. The molecule has 0 unspecified atom stereocenters. The van der Waals surface area contributed by atoms with Crippen LogP contribution in [0.1, 0.15) is 10.4 Å². The average Bonchev–Trinajstić information content (AvgIpc) is 2.90. The molecule has 1 aromatic carbocycles. The maximum Gasteiger partial charge on any atom is 0.293 e. The number of hydrogen-bond donors (Lipinski definition) is 4. The van der Waals surface area contributed by atoms with Crippen molar-refractivity contribution in [1.82, 2.24) is 9.97 Å². The van der Waals surface area contributed by atoms with E-state index in [4.69, 9.17) is 5.84 Å². The molecule has 9 heteroatoms. The first kappa shape index (κ1) is 12.5. The van der Waals surface area contributed by atoms with Gasteiger partial charge in [0.2, 0.25) is 5.95 Å². The Hall–Kier alpha value is -2.94. The second kappa shape index (κ2) is 5.14. The molecule has 0 radical (unpaired) electrons. The monoisotopic (exact) mass is 262 g/mol. The van der Waals surface area contributed by atoms with Gasteiger partial charge in [-0.15, -0.1) is 0 Å². The van der Waals surface area contributed by atoms with Crippen LogP contribution >= 0.6 is 0 Å². The molecule has 0 fully saturated rings. The molecule has 19 heavy (non-hydrogen) atoms. The van der Waals surface area contributed by atoms with Gasteiger partial charge in [-0.25, -0.2) is 4.98 Å². The van der Waals surface area contributed by atoms with Crippen molar-refractivity contribution in [3.63, 3.8) is 0 Å². The fourth-order valence-corrected chi connectivity index (χ4v) is 1.47. The number of nitrogens with one attached hydrogen (secondary N) is 3. The van der Waals surface area contributed by atoms with Crippen molar-refractivity contribution in [3.8, 4) is 0 Å². The fourth-order valence-electron chi connectivity index (χ4n) is 1.47. The first-order valence-corrected chi connectivity index (χ1v) is 5.17. The van der Waals surface area contributed by atoms with Gasteiger partial charge >= 0.3 is 0 Å². The number of imidazole rings is 1. The average molecular weight is 262 g/mol. The van der Waals surface area contributed by atoms with Crippen molar-refractivity contribution < 1.29 is 9.72 Å². The van der Waals surface area contributed by atoms with E-state index in [-0.39, 0.29) is 22.9 Å². The van der Waals surface area contributed by atoms with Crippen LogP contribution in [0.5, 0.6) is 0 Å². The van der Waals surface area contributed by atoms with Gasteiger partial charge in [0.1, 0.15) is 5.69 Å². The Balaban J connectivity index is 2.25. The number of nitrogen functional groups attached to an aromatic ring is 1. The lowest BCUT2D eigenvalue weighted by Crippen LogP contribution is -2.15. The maximum atomic E-state index is 11.9. The molecule has 0 bridgehead atoms. The van der Waals surface area contributed by atoms with Gasteiger partial charge in [-0.3, -0.25) is 26.1 Å². The van der Waals surface area contributed by atoms with Crippen LogP contribution in [0.15, 0.2) is 30.6 Å². The Kier molecular flexibility index (Phi) is 3.39. The van der Waals surface area contributed by atoms with Gasteiger partial charge in [0.25, 0.3) is 11.6 Å². The van der Waals surface area contributed by atoms with E-state index in [2.05, 4.69) is 20.7 Å². The van der Waals surface area contributed by atoms with E-state index < -0.39 is 10.8 Å². The van der Waals surface area contributed by atoms with E-state index in [0.29, 0.717) is 0 Å². The molecule has 0 aliphatic carbocycles. The van der Waals surface area contributed by atoms with Crippen LogP contribution < -0.4 is 16.6 Å². The number of nitrogens with two attached hydrogens (primary N) is 1. The molecule has 1 aromatic heterocycles. The third-order valence-corrected chi connectivity index (χ3v) is 2.34. The number of benzene rings is 1. The molecule has 0 spiro atoms. The smallest absolute Gasteiger partial charge is 0.293 e. The summed E-state index contributed by atoms with van der Waals surface area (Å²) in [6, 6.07) is 3.82. The highest BCUT2D eigenvalue weighted by Gasteiger charge is 2.16. The topological polar surface area (TPSA) is 139 Å². The van der Waals surface area contributed by atoms with Crippen molar-refractivity contribution in [2.75, 3.05) is 10.7 Å². The van der Waals surface area contributed by atoms with E-state index >= 15 is 0 Å². The zero-order valence-corrected chi connectivity index (χ0v) is 9.58. The molecule has 2 rings (SSSR count). The lowest BCUT2D eigenvalue weighted by molar-refractivity contribution is -0.384. The summed E-state index contributed by atoms with van der Waals surface area (Å²) in [5.74, 6) is 5.01. The molecule has 2 aromatic rings. The van der Waals surface area contributed by atoms with Crippen LogP contribution in [-0.2, 0) is 0 Å². The molecule has 9 nitrogen and oxygen atoms in total. The Bertz CT molecular complexity index is 610. The van der Waals surface area contributed by atoms with Gasteiger partial charge in [-0.05, 0) is 12.1 Å². The van der Waals surface area contributed by atoms with Gasteiger partial charge < -0.3 is 10.4 Å².